The summed E-state index contributed by atoms with van der Waals surface area (Å²) < 4.78 is 4.93. The monoisotopic (exact) mass is 215 g/mol. The zero-order chi connectivity index (χ0) is 10.6. The van der Waals surface area contributed by atoms with E-state index in [9.17, 15) is 5.11 Å². The van der Waals surface area contributed by atoms with E-state index < -0.39 is 0 Å². The van der Waals surface area contributed by atoms with Crippen LogP contribution >= 0.6 is 11.6 Å². The van der Waals surface area contributed by atoms with E-state index in [-0.39, 0.29) is 5.75 Å². The van der Waals surface area contributed by atoms with Gasteiger partial charge in [0.15, 0.2) is 11.5 Å². The molecule has 0 aliphatic heterocycles. The summed E-state index contributed by atoms with van der Waals surface area (Å²) in [5.74, 6) is 0.398. The van der Waals surface area contributed by atoms with Gasteiger partial charge in [0.05, 0.1) is 12.1 Å². The van der Waals surface area contributed by atoms with Crippen LogP contribution in [0.5, 0.6) is 11.5 Å². The molecule has 0 aliphatic carbocycles. The molecular formula is C10H14ClNO2. The molecule has 1 aromatic rings. The molecule has 1 aromatic carbocycles. The molecule has 0 bridgehead atoms. The fourth-order valence-corrected chi connectivity index (χ4v) is 1.49. The highest BCUT2D eigenvalue weighted by atomic mass is 35.5. The van der Waals surface area contributed by atoms with E-state index in [2.05, 4.69) is 0 Å². The van der Waals surface area contributed by atoms with Gasteiger partial charge in [-0.15, -0.1) is 0 Å². The van der Waals surface area contributed by atoms with Crippen LogP contribution in [0.4, 0.5) is 0 Å². The van der Waals surface area contributed by atoms with Crippen molar-refractivity contribution in [3.05, 3.63) is 22.7 Å². The van der Waals surface area contributed by atoms with Crippen molar-refractivity contribution < 1.29 is 9.84 Å². The third-order valence-electron chi connectivity index (χ3n) is 2.03. The molecule has 0 saturated carbocycles. The molecule has 1 rings (SSSR count). The molecule has 0 saturated heterocycles. The van der Waals surface area contributed by atoms with Crippen LogP contribution in [0.15, 0.2) is 12.1 Å². The lowest BCUT2D eigenvalue weighted by molar-refractivity contribution is 0.373. The van der Waals surface area contributed by atoms with Gasteiger partial charge in [-0.2, -0.15) is 0 Å². The van der Waals surface area contributed by atoms with Gasteiger partial charge in [-0.3, -0.25) is 0 Å². The summed E-state index contributed by atoms with van der Waals surface area (Å²) in [4.78, 5) is 0. The molecule has 0 aliphatic rings. The van der Waals surface area contributed by atoms with Crippen LogP contribution in [-0.4, -0.2) is 18.8 Å². The molecule has 0 radical (unpaired) electrons. The second-order valence-electron chi connectivity index (χ2n) is 2.98. The molecule has 0 atom stereocenters. The Bertz CT molecular complexity index is 315. The average Bonchev–Trinajstić information content (AvgIpc) is 2.20. The van der Waals surface area contributed by atoms with Crippen LogP contribution in [0.25, 0.3) is 0 Å². The van der Waals surface area contributed by atoms with Crippen LogP contribution in [0, 0.1) is 0 Å². The van der Waals surface area contributed by atoms with Gasteiger partial charge in [-0.1, -0.05) is 17.7 Å². The molecule has 0 spiro atoms. The van der Waals surface area contributed by atoms with Crippen molar-refractivity contribution in [2.45, 2.75) is 12.8 Å². The first-order valence-electron chi connectivity index (χ1n) is 4.45. The fourth-order valence-electron chi connectivity index (χ4n) is 1.24. The number of ether oxygens (including phenoxy) is 1. The first kappa shape index (κ1) is 11.1. The summed E-state index contributed by atoms with van der Waals surface area (Å²) in [6.45, 7) is 0.614. The highest BCUT2D eigenvalue weighted by Gasteiger charge is 2.10. The van der Waals surface area contributed by atoms with Gasteiger partial charge in [0.25, 0.3) is 0 Å². The van der Waals surface area contributed by atoms with Gasteiger partial charge in [0.1, 0.15) is 0 Å². The van der Waals surface area contributed by atoms with E-state index in [1.165, 1.54) is 7.11 Å². The van der Waals surface area contributed by atoms with Crippen molar-refractivity contribution in [2.24, 2.45) is 5.73 Å². The van der Waals surface area contributed by atoms with Crippen LogP contribution in [0.2, 0.25) is 5.02 Å². The molecule has 14 heavy (non-hydrogen) atoms. The maximum absolute atomic E-state index is 9.59. The Kier molecular flexibility index (Phi) is 4.04. The molecule has 0 amide bonds. The maximum atomic E-state index is 9.59. The minimum absolute atomic E-state index is 0.00341. The predicted molar refractivity (Wildman–Crippen MR) is 57.0 cm³/mol. The Morgan fingerprint density at radius 2 is 2.21 bits per heavy atom. The minimum Gasteiger partial charge on any atom is -0.503 e. The van der Waals surface area contributed by atoms with E-state index in [0.717, 1.165) is 18.4 Å². The maximum Gasteiger partial charge on any atom is 0.177 e. The number of rotatable bonds is 4. The quantitative estimate of drug-likeness (QED) is 0.807. The zero-order valence-electron chi connectivity index (χ0n) is 8.09. The van der Waals surface area contributed by atoms with Gasteiger partial charge in [-0.25, -0.2) is 0 Å². The van der Waals surface area contributed by atoms with Crippen molar-refractivity contribution in [1.29, 1.82) is 0 Å². The van der Waals surface area contributed by atoms with Crippen molar-refractivity contribution in [2.75, 3.05) is 13.7 Å². The number of nitrogens with two attached hydrogens (primary N) is 1. The summed E-state index contributed by atoms with van der Waals surface area (Å²) in [7, 11) is 1.49. The van der Waals surface area contributed by atoms with Crippen molar-refractivity contribution >= 4 is 11.6 Å². The second kappa shape index (κ2) is 5.08. The molecule has 4 heteroatoms. The second-order valence-corrected chi connectivity index (χ2v) is 3.36. The topological polar surface area (TPSA) is 55.5 Å². The van der Waals surface area contributed by atoms with Crippen LogP contribution in [0.1, 0.15) is 12.0 Å². The van der Waals surface area contributed by atoms with Gasteiger partial charge in [0.2, 0.25) is 0 Å². The van der Waals surface area contributed by atoms with Gasteiger partial charge in [-0.05, 0) is 31.0 Å². The van der Waals surface area contributed by atoms with E-state index >= 15 is 0 Å². The average molecular weight is 216 g/mol. The fraction of sp³-hybridized carbons (Fsp3) is 0.400. The Balaban J connectivity index is 2.92. The third-order valence-corrected chi connectivity index (χ3v) is 2.45. The number of hydrogen-bond donors (Lipinski definition) is 2. The highest BCUT2D eigenvalue weighted by molar-refractivity contribution is 6.33. The summed E-state index contributed by atoms with van der Waals surface area (Å²) in [5, 5.41) is 9.95. The molecule has 0 aromatic heterocycles. The molecular weight excluding hydrogens is 202 g/mol. The summed E-state index contributed by atoms with van der Waals surface area (Å²) >= 11 is 5.94. The highest BCUT2D eigenvalue weighted by Crippen LogP contribution is 2.36. The number of methoxy groups -OCH3 is 1. The predicted octanol–water partition coefficient (Wildman–Crippen LogP) is 1.95. The third kappa shape index (κ3) is 2.30. The number of aromatic hydroxyl groups is 1. The van der Waals surface area contributed by atoms with Gasteiger partial charge < -0.3 is 15.6 Å². The number of phenols is 1. The van der Waals surface area contributed by atoms with E-state index in [1.54, 1.807) is 6.07 Å². The van der Waals surface area contributed by atoms with E-state index in [1.807, 2.05) is 6.07 Å². The molecule has 0 unspecified atom stereocenters. The first-order chi connectivity index (χ1) is 6.70. The zero-order valence-corrected chi connectivity index (χ0v) is 8.84. The lowest BCUT2D eigenvalue weighted by atomic mass is 10.1. The van der Waals surface area contributed by atoms with Gasteiger partial charge >= 0.3 is 0 Å². The smallest absolute Gasteiger partial charge is 0.177 e. The molecule has 0 fully saturated rings. The lowest BCUT2D eigenvalue weighted by Crippen LogP contribution is -2.00. The number of phenolic OH excluding ortho intramolecular Hbond substituents is 1. The van der Waals surface area contributed by atoms with E-state index in [0.29, 0.717) is 17.3 Å². The van der Waals surface area contributed by atoms with Gasteiger partial charge in [0, 0.05) is 0 Å². The molecule has 3 N–H and O–H groups in total. The Morgan fingerprint density at radius 1 is 1.50 bits per heavy atom. The largest absolute Gasteiger partial charge is 0.503 e. The van der Waals surface area contributed by atoms with Crippen LogP contribution < -0.4 is 10.5 Å². The molecule has 0 heterocycles. The normalized spacial score (nSPS) is 10.2. The van der Waals surface area contributed by atoms with Crippen molar-refractivity contribution in [3.63, 3.8) is 0 Å². The summed E-state index contributed by atoms with van der Waals surface area (Å²) in [6.07, 6.45) is 1.62. The lowest BCUT2D eigenvalue weighted by Gasteiger charge is -2.08. The standard InChI is InChI=1S/C10H14ClNO2/c1-14-8-5-4-7(3-2-6-12)9(11)10(8)13/h4-5,13H,2-3,6,12H2,1H3. The van der Waals surface area contributed by atoms with E-state index in [4.69, 9.17) is 22.1 Å². The number of halogens is 1. The molecule has 78 valence electrons. The number of hydrogen-bond acceptors (Lipinski definition) is 3. The summed E-state index contributed by atoms with van der Waals surface area (Å²) in [5.41, 5.74) is 6.29. The SMILES string of the molecule is COc1ccc(CCCN)c(Cl)c1O. The Labute approximate surface area is 88.4 Å². The Hall–Kier alpha value is -0.930. The van der Waals surface area contributed by atoms with Crippen molar-refractivity contribution in [1.82, 2.24) is 0 Å². The number of aryl methyl sites for hydroxylation is 1. The number of benzene rings is 1. The minimum atomic E-state index is 0.00341. The Morgan fingerprint density at radius 3 is 2.79 bits per heavy atom. The van der Waals surface area contributed by atoms with Crippen LogP contribution in [0.3, 0.4) is 0 Å². The first-order valence-corrected chi connectivity index (χ1v) is 4.83. The summed E-state index contributed by atoms with van der Waals surface area (Å²) in [6, 6.07) is 3.55. The molecule has 3 nitrogen and oxygen atoms in total. The van der Waals surface area contributed by atoms with Crippen LogP contribution in [-0.2, 0) is 6.42 Å². The van der Waals surface area contributed by atoms with Crippen molar-refractivity contribution in [3.8, 4) is 11.5 Å².